The molecular formula is C35H53NO7S. The first-order chi connectivity index (χ1) is 20.7. The Hall–Kier alpha value is -2.29. The van der Waals surface area contributed by atoms with Crippen molar-refractivity contribution in [3.05, 3.63) is 23.8 Å². The van der Waals surface area contributed by atoms with Gasteiger partial charge in [0.2, 0.25) is 0 Å². The van der Waals surface area contributed by atoms with Gasteiger partial charge in [0, 0.05) is 18.8 Å². The van der Waals surface area contributed by atoms with Crippen LogP contribution >= 0.6 is 11.8 Å². The maximum absolute atomic E-state index is 12.9. The van der Waals surface area contributed by atoms with Gasteiger partial charge in [0.25, 0.3) is 0 Å². The summed E-state index contributed by atoms with van der Waals surface area (Å²) in [4.78, 5) is 49.6. The molecule has 4 aliphatic rings. The molecule has 4 aliphatic carbocycles. The predicted molar refractivity (Wildman–Crippen MR) is 172 cm³/mol. The van der Waals surface area contributed by atoms with Crippen LogP contribution in [0.3, 0.4) is 0 Å². The minimum atomic E-state index is -0.772. The summed E-state index contributed by atoms with van der Waals surface area (Å²) in [5, 5.41) is 2.67. The maximum atomic E-state index is 12.9. The van der Waals surface area contributed by atoms with Gasteiger partial charge in [-0.25, -0.2) is 9.59 Å². The van der Waals surface area contributed by atoms with Crippen LogP contribution in [0.2, 0.25) is 0 Å². The number of hydrogen-bond donors (Lipinski definition) is 1. The van der Waals surface area contributed by atoms with Crippen molar-refractivity contribution in [2.24, 2.45) is 34.5 Å². The van der Waals surface area contributed by atoms with Gasteiger partial charge >= 0.3 is 18.0 Å². The fourth-order valence-corrected chi connectivity index (χ4v) is 9.27. The average Bonchev–Trinajstić information content (AvgIpc) is 3.25. The normalized spacial score (nSPS) is 33.8. The highest BCUT2D eigenvalue weighted by Gasteiger charge is 2.61. The van der Waals surface area contributed by atoms with E-state index in [-0.39, 0.29) is 35.3 Å². The van der Waals surface area contributed by atoms with Crippen molar-refractivity contribution in [3.8, 4) is 0 Å². The number of nitrogens with one attached hydrogen (secondary N) is 1. The zero-order valence-electron chi connectivity index (χ0n) is 27.7. The van der Waals surface area contributed by atoms with Gasteiger partial charge in [-0.3, -0.25) is 9.59 Å². The van der Waals surface area contributed by atoms with E-state index in [1.807, 2.05) is 18.4 Å². The zero-order chi connectivity index (χ0) is 32.3. The molecule has 1 amide bonds. The molecule has 0 unspecified atom stereocenters. The number of carbonyl (C=O) groups excluding carboxylic acids is 4. The first-order valence-electron chi connectivity index (χ1n) is 16.4. The van der Waals surface area contributed by atoms with E-state index >= 15 is 0 Å². The van der Waals surface area contributed by atoms with Gasteiger partial charge in [-0.1, -0.05) is 31.6 Å². The number of allylic oxidation sites excluding steroid dienone is 2. The molecule has 3 saturated carbocycles. The first kappa shape index (κ1) is 34.6. The SMILES string of the molecule is CSCC[C@@H](NC(=O)OC(C)(C)C)C(=O)OC/C=C/C[C@@H]1CC2=CC(=O)CC[C@]2(C)[C@H]2CC[C@]3(C)[C@@H](OC(C)=O)CC[C@H]3[C@H]12. The van der Waals surface area contributed by atoms with E-state index < -0.39 is 23.7 Å². The molecular weight excluding hydrogens is 578 g/mol. The number of amides is 1. The summed E-state index contributed by atoms with van der Waals surface area (Å²) in [5.74, 6) is 2.07. The van der Waals surface area contributed by atoms with E-state index in [0.717, 1.165) is 44.9 Å². The van der Waals surface area contributed by atoms with Crippen LogP contribution in [-0.4, -0.2) is 60.2 Å². The zero-order valence-corrected chi connectivity index (χ0v) is 28.6. The summed E-state index contributed by atoms with van der Waals surface area (Å²) in [6.07, 6.45) is 15.1. The fourth-order valence-electron chi connectivity index (χ4n) is 8.80. The van der Waals surface area contributed by atoms with Crippen molar-refractivity contribution in [2.75, 3.05) is 18.6 Å². The molecule has 0 aromatic rings. The van der Waals surface area contributed by atoms with E-state index in [4.69, 9.17) is 14.2 Å². The average molecular weight is 632 g/mol. The van der Waals surface area contributed by atoms with E-state index in [2.05, 4.69) is 25.2 Å². The quantitative estimate of drug-likeness (QED) is 0.159. The Labute approximate surface area is 267 Å². The predicted octanol–water partition coefficient (Wildman–Crippen LogP) is 6.81. The minimum Gasteiger partial charge on any atom is -0.462 e. The van der Waals surface area contributed by atoms with Crippen molar-refractivity contribution in [2.45, 2.75) is 117 Å². The van der Waals surface area contributed by atoms with E-state index in [1.165, 1.54) is 12.5 Å². The third-order valence-corrected chi connectivity index (χ3v) is 11.5. The lowest BCUT2D eigenvalue weighted by Crippen LogP contribution is -2.54. The Morgan fingerprint density at radius 1 is 1.11 bits per heavy atom. The van der Waals surface area contributed by atoms with Crippen LogP contribution in [0.15, 0.2) is 23.8 Å². The Morgan fingerprint density at radius 3 is 2.55 bits per heavy atom. The summed E-state index contributed by atoms with van der Waals surface area (Å²) < 4.78 is 16.8. The summed E-state index contributed by atoms with van der Waals surface area (Å²) in [6, 6.07) is -0.772. The molecule has 0 heterocycles. The molecule has 246 valence electrons. The molecule has 0 radical (unpaired) electrons. The summed E-state index contributed by atoms with van der Waals surface area (Å²) in [6.45, 7) is 11.7. The molecule has 0 aromatic carbocycles. The summed E-state index contributed by atoms with van der Waals surface area (Å²) in [5.41, 5.74) is 0.664. The standard InChI is InChI=1S/C35H53NO7S/c1-22(37)42-29-12-11-26-30-23(20-24-21-25(38)13-16-34(24,5)27(30)14-17-35(26,29)6)10-8-9-18-41-31(39)28(15-19-44-7)36-32(40)43-33(2,3)4/h8-9,21,23,26-30H,10-20H2,1-7H3,(H,36,40)/b9-8+/t23-,26+,27+,28-,29+,30+,34+,35+/m1/s1. The molecule has 1 N–H and O–H groups in total. The van der Waals surface area contributed by atoms with E-state index in [1.54, 1.807) is 32.5 Å². The molecule has 4 rings (SSSR count). The lowest BCUT2D eigenvalue weighted by Gasteiger charge is -2.60. The number of rotatable bonds is 10. The Kier molecular flexibility index (Phi) is 11.0. The molecule has 0 spiro atoms. The van der Waals surface area contributed by atoms with Crippen LogP contribution in [0.25, 0.3) is 0 Å². The summed E-state index contributed by atoms with van der Waals surface area (Å²) in [7, 11) is 0. The van der Waals surface area contributed by atoms with Crippen LogP contribution in [0.1, 0.15) is 99.3 Å². The highest BCUT2D eigenvalue weighted by atomic mass is 32.2. The number of hydrogen-bond acceptors (Lipinski definition) is 8. The monoisotopic (exact) mass is 631 g/mol. The molecule has 8 nitrogen and oxygen atoms in total. The van der Waals surface area contributed by atoms with Gasteiger partial charge in [-0.15, -0.1) is 0 Å². The van der Waals surface area contributed by atoms with Crippen molar-refractivity contribution in [1.29, 1.82) is 0 Å². The first-order valence-corrected chi connectivity index (χ1v) is 17.8. The molecule has 3 fully saturated rings. The lowest BCUT2D eigenvalue weighted by molar-refractivity contribution is -0.158. The third-order valence-electron chi connectivity index (χ3n) is 10.9. The van der Waals surface area contributed by atoms with E-state index in [0.29, 0.717) is 42.3 Å². The molecule has 0 bridgehead atoms. The van der Waals surface area contributed by atoms with Crippen molar-refractivity contribution >= 4 is 35.6 Å². The van der Waals surface area contributed by atoms with Gasteiger partial charge in [0.1, 0.15) is 24.4 Å². The van der Waals surface area contributed by atoms with Crippen LogP contribution in [-0.2, 0) is 28.6 Å². The highest BCUT2D eigenvalue weighted by molar-refractivity contribution is 7.98. The second-order valence-corrected chi connectivity index (χ2v) is 15.8. The topological polar surface area (TPSA) is 108 Å². The number of alkyl carbamates (subject to hydrolysis) is 1. The lowest BCUT2D eigenvalue weighted by atomic mass is 9.44. The smallest absolute Gasteiger partial charge is 0.408 e. The Morgan fingerprint density at radius 2 is 1.86 bits per heavy atom. The number of thioether (sulfide) groups is 1. The Bertz CT molecular complexity index is 1160. The molecule has 0 aliphatic heterocycles. The summed E-state index contributed by atoms with van der Waals surface area (Å²) >= 11 is 1.60. The molecule has 0 aromatic heterocycles. The highest BCUT2D eigenvalue weighted by Crippen LogP contribution is 2.67. The second kappa shape index (κ2) is 14.0. The number of carbonyl (C=O) groups is 4. The minimum absolute atomic E-state index is 0.0285. The van der Waals surface area contributed by atoms with Gasteiger partial charge in [0.05, 0.1) is 0 Å². The van der Waals surface area contributed by atoms with Crippen molar-refractivity contribution in [1.82, 2.24) is 5.32 Å². The van der Waals surface area contributed by atoms with Crippen molar-refractivity contribution < 1.29 is 33.4 Å². The van der Waals surface area contributed by atoms with Crippen LogP contribution in [0, 0.1) is 34.5 Å². The van der Waals surface area contributed by atoms with E-state index in [9.17, 15) is 19.2 Å². The second-order valence-electron chi connectivity index (χ2n) is 14.8. The van der Waals surface area contributed by atoms with Gasteiger partial charge in [0.15, 0.2) is 5.78 Å². The fraction of sp³-hybridized carbons (Fsp3) is 0.771. The number of fused-ring (bicyclic) bond motifs is 5. The molecule has 44 heavy (non-hydrogen) atoms. The van der Waals surface area contributed by atoms with Crippen LogP contribution in [0.4, 0.5) is 4.79 Å². The molecule has 9 heteroatoms. The van der Waals surface area contributed by atoms with Gasteiger partial charge < -0.3 is 19.5 Å². The van der Waals surface area contributed by atoms with Gasteiger partial charge in [-0.05, 0) is 119 Å². The maximum Gasteiger partial charge on any atom is 0.408 e. The molecule has 0 saturated heterocycles. The molecule has 8 atom stereocenters. The van der Waals surface area contributed by atoms with Crippen LogP contribution in [0.5, 0.6) is 0 Å². The van der Waals surface area contributed by atoms with Crippen molar-refractivity contribution in [3.63, 3.8) is 0 Å². The number of ether oxygens (including phenoxy) is 3. The Balaban J connectivity index is 1.44. The number of esters is 2. The van der Waals surface area contributed by atoms with Gasteiger partial charge in [-0.2, -0.15) is 11.8 Å². The van der Waals surface area contributed by atoms with Crippen LogP contribution < -0.4 is 5.32 Å². The number of ketones is 1. The largest absolute Gasteiger partial charge is 0.462 e. The third kappa shape index (κ3) is 7.73.